The van der Waals surface area contributed by atoms with Gasteiger partial charge in [0.15, 0.2) is 0 Å². The Balaban J connectivity index is 2.59. The molecule has 0 radical (unpaired) electrons. The Morgan fingerprint density at radius 1 is 1.60 bits per heavy atom. The smallest absolute Gasteiger partial charge is 0.301 e. The summed E-state index contributed by atoms with van der Waals surface area (Å²) < 4.78 is 26.9. The minimum atomic E-state index is -3.48. The van der Waals surface area contributed by atoms with Crippen molar-refractivity contribution in [2.45, 2.75) is 6.42 Å². The normalized spacial score (nSPS) is 11.9. The molecule has 0 fully saturated rings. The van der Waals surface area contributed by atoms with Gasteiger partial charge in [-0.1, -0.05) is 0 Å². The van der Waals surface area contributed by atoms with Gasteiger partial charge in [-0.2, -0.15) is 24.1 Å². The average Bonchev–Trinajstić information content (AvgIpc) is 2.65. The van der Waals surface area contributed by atoms with Crippen molar-refractivity contribution in [2.75, 3.05) is 24.9 Å². The molecule has 0 bridgehead atoms. The minimum absolute atomic E-state index is 0.0156. The standard InChI is InChI=1S/C8H14N2O3S2/c1-10(4-2-5-11)15(12,13)9-8-3-6-14-7-8/h3,6-7,9,11H,2,4-5H2,1H3. The first-order valence-corrected chi connectivity index (χ1v) is 6.81. The molecule has 2 N–H and O–H groups in total. The van der Waals surface area contributed by atoms with Gasteiger partial charge < -0.3 is 5.11 Å². The first-order valence-electron chi connectivity index (χ1n) is 4.43. The molecule has 1 aromatic rings. The summed E-state index contributed by atoms with van der Waals surface area (Å²) >= 11 is 1.42. The molecular weight excluding hydrogens is 236 g/mol. The molecule has 1 heterocycles. The van der Waals surface area contributed by atoms with Crippen LogP contribution in [0.15, 0.2) is 16.8 Å². The van der Waals surface area contributed by atoms with E-state index in [2.05, 4.69) is 4.72 Å². The molecule has 86 valence electrons. The summed E-state index contributed by atoms with van der Waals surface area (Å²) in [5.74, 6) is 0. The molecule has 0 atom stereocenters. The number of nitrogens with one attached hydrogen (secondary N) is 1. The number of aliphatic hydroxyl groups excluding tert-OH is 1. The lowest BCUT2D eigenvalue weighted by molar-refractivity contribution is 0.276. The molecule has 7 heteroatoms. The van der Waals surface area contributed by atoms with Crippen molar-refractivity contribution in [3.63, 3.8) is 0 Å². The van der Waals surface area contributed by atoms with Crippen LogP contribution in [0.25, 0.3) is 0 Å². The maximum atomic E-state index is 11.6. The molecule has 0 unspecified atom stereocenters. The Morgan fingerprint density at radius 3 is 2.87 bits per heavy atom. The number of hydrogen-bond donors (Lipinski definition) is 2. The molecule has 15 heavy (non-hydrogen) atoms. The first-order chi connectivity index (χ1) is 7.06. The van der Waals surface area contributed by atoms with Gasteiger partial charge in [0.1, 0.15) is 0 Å². The van der Waals surface area contributed by atoms with E-state index >= 15 is 0 Å². The predicted molar refractivity (Wildman–Crippen MR) is 61.2 cm³/mol. The van der Waals surface area contributed by atoms with Crippen molar-refractivity contribution in [1.82, 2.24) is 4.31 Å². The molecule has 0 aliphatic carbocycles. The number of aliphatic hydroxyl groups is 1. The van der Waals surface area contributed by atoms with E-state index in [1.165, 1.54) is 22.7 Å². The summed E-state index contributed by atoms with van der Waals surface area (Å²) in [6.07, 6.45) is 0.432. The molecule has 5 nitrogen and oxygen atoms in total. The predicted octanol–water partition coefficient (Wildman–Crippen LogP) is 0.719. The van der Waals surface area contributed by atoms with E-state index in [1.54, 1.807) is 16.8 Å². The van der Waals surface area contributed by atoms with Crippen molar-refractivity contribution >= 4 is 27.2 Å². The van der Waals surface area contributed by atoms with E-state index in [4.69, 9.17) is 5.11 Å². The van der Waals surface area contributed by atoms with Crippen LogP contribution in [0.1, 0.15) is 6.42 Å². The van der Waals surface area contributed by atoms with Crippen LogP contribution in [0, 0.1) is 0 Å². The summed E-state index contributed by atoms with van der Waals surface area (Å²) in [6, 6.07) is 1.70. The van der Waals surface area contributed by atoms with Crippen molar-refractivity contribution in [1.29, 1.82) is 0 Å². The van der Waals surface area contributed by atoms with Crippen LogP contribution in [0.2, 0.25) is 0 Å². The molecule has 0 amide bonds. The van der Waals surface area contributed by atoms with E-state index in [9.17, 15) is 8.42 Å². The Morgan fingerprint density at radius 2 is 2.33 bits per heavy atom. The van der Waals surface area contributed by atoms with Gasteiger partial charge in [0.2, 0.25) is 0 Å². The highest BCUT2D eigenvalue weighted by molar-refractivity contribution is 7.90. The molecule has 0 saturated heterocycles. The maximum absolute atomic E-state index is 11.6. The fourth-order valence-corrected chi connectivity index (χ4v) is 2.58. The third-order valence-electron chi connectivity index (χ3n) is 1.81. The summed E-state index contributed by atoms with van der Waals surface area (Å²) in [5, 5.41) is 12.1. The molecule has 0 saturated carbocycles. The Kier molecular flexibility index (Phi) is 4.52. The summed E-state index contributed by atoms with van der Waals surface area (Å²) in [5.41, 5.74) is 0.566. The number of rotatable bonds is 6. The molecular formula is C8H14N2O3S2. The number of anilines is 1. The van der Waals surface area contributed by atoms with Gasteiger partial charge in [0.25, 0.3) is 0 Å². The van der Waals surface area contributed by atoms with Gasteiger partial charge in [-0.3, -0.25) is 4.72 Å². The van der Waals surface area contributed by atoms with Crippen LogP contribution in [-0.4, -0.2) is 38.0 Å². The Hall–Kier alpha value is -0.630. The lowest BCUT2D eigenvalue weighted by Gasteiger charge is -2.16. The van der Waals surface area contributed by atoms with Crippen LogP contribution < -0.4 is 4.72 Å². The van der Waals surface area contributed by atoms with E-state index in [-0.39, 0.29) is 6.61 Å². The highest BCUT2D eigenvalue weighted by atomic mass is 32.2. The van der Waals surface area contributed by atoms with Crippen LogP contribution in [-0.2, 0) is 10.2 Å². The minimum Gasteiger partial charge on any atom is -0.396 e. The van der Waals surface area contributed by atoms with Gasteiger partial charge in [0.05, 0.1) is 5.69 Å². The van der Waals surface area contributed by atoms with Crippen LogP contribution in [0.3, 0.4) is 0 Å². The van der Waals surface area contributed by atoms with Crippen molar-refractivity contribution in [3.05, 3.63) is 16.8 Å². The van der Waals surface area contributed by atoms with E-state index in [0.717, 1.165) is 0 Å². The number of hydrogen-bond acceptors (Lipinski definition) is 4. The number of nitrogens with zero attached hydrogens (tertiary/aromatic N) is 1. The van der Waals surface area contributed by atoms with Gasteiger partial charge >= 0.3 is 10.2 Å². The van der Waals surface area contributed by atoms with Crippen LogP contribution >= 0.6 is 11.3 Å². The molecule has 0 spiro atoms. The fraction of sp³-hybridized carbons (Fsp3) is 0.500. The van der Waals surface area contributed by atoms with Crippen molar-refractivity contribution in [2.24, 2.45) is 0 Å². The number of thiophene rings is 1. The highest BCUT2D eigenvalue weighted by Crippen LogP contribution is 2.14. The highest BCUT2D eigenvalue weighted by Gasteiger charge is 2.16. The van der Waals surface area contributed by atoms with E-state index < -0.39 is 10.2 Å². The largest absolute Gasteiger partial charge is 0.396 e. The first kappa shape index (κ1) is 12.4. The fourth-order valence-electron chi connectivity index (χ4n) is 0.963. The van der Waals surface area contributed by atoms with Crippen molar-refractivity contribution < 1.29 is 13.5 Å². The molecule has 1 aromatic heterocycles. The molecule has 0 aromatic carbocycles. The van der Waals surface area contributed by atoms with E-state index in [0.29, 0.717) is 18.7 Å². The van der Waals surface area contributed by atoms with Gasteiger partial charge in [0, 0.05) is 25.6 Å². The monoisotopic (exact) mass is 250 g/mol. The SMILES string of the molecule is CN(CCCO)S(=O)(=O)Nc1ccsc1. The Labute approximate surface area is 93.5 Å². The zero-order chi connectivity index (χ0) is 11.3. The second kappa shape index (κ2) is 5.45. The summed E-state index contributed by atoms with van der Waals surface area (Å²) in [4.78, 5) is 0. The Bertz CT molecular complexity index is 375. The van der Waals surface area contributed by atoms with Crippen LogP contribution in [0.4, 0.5) is 5.69 Å². The molecule has 0 aliphatic heterocycles. The summed E-state index contributed by atoms with van der Waals surface area (Å²) in [7, 11) is -2.00. The maximum Gasteiger partial charge on any atom is 0.301 e. The van der Waals surface area contributed by atoms with Crippen LogP contribution in [0.5, 0.6) is 0 Å². The topological polar surface area (TPSA) is 69.6 Å². The second-order valence-corrected chi connectivity index (χ2v) is 5.58. The third-order valence-corrected chi connectivity index (χ3v) is 3.99. The quantitative estimate of drug-likeness (QED) is 0.781. The van der Waals surface area contributed by atoms with E-state index in [1.807, 2.05) is 0 Å². The second-order valence-electron chi connectivity index (χ2n) is 3.02. The lowest BCUT2D eigenvalue weighted by atomic mass is 10.5. The molecule has 0 aliphatic rings. The third kappa shape index (κ3) is 3.78. The van der Waals surface area contributed by atoms with Crippen molar-refractivity contribution in [3.8, 4) is 0 Å². The van der Waals surface area contributed by atoms with Gasteiger partial charge in [-0.15, -0.1) is 0 Å². The van der Waals surface area contributed by atoms with Gasteiger partial charge in [-0.05, 0) is 17.9 Å². The molecule has 1 rings (SSSR count). The summed E-state index contributed by atoms with van der Waals surface area (Å²) in [6.45, 7) is 0.286. The zero-order valence-electron chi connectivity index (χ0n) is 8.38. The lowest BCUT2D eigenvalue weighted by Crippen LogP contribution is -2.33. The van der Waals surface area contributed by atoms with Gasteiger partial charge in [-0.25, -0.2) is 0 Å². The average molecular weight is 250 g/mol. The zero-order valence-corrected chi connectivity index (χ0v) is 10.0.